The normalized spacial score (nSPS) is 16.4. The van der Waals surface area contributed by atoms with Crippen LogP contribution in [0.3, 0.4) is 0 Å². The summed E-state index contributed by atoms with van der Waals surface area (Å²) in [6, 6.07) is 8.90. The van der Waals surface area contributed by atoms with E-state index in [1.54, 1.807) is 24.3 Å². The summed E-state index contributed by atoms with van der Waals surface area (Å²) in [5.41, 5.74) is 0.833. The predicted octanol–water partition coefficient (Wildman–Crippen LogP) is 4.40. The molecule has 0 atom stereocenters. The summed E-state index contributed by atoms with van der Waals surface area (Å²) in [5, 5.41) is 2.70. The molecule has 0 saturated heterocycles. The molecule has 0 fully saturated rings. The van der Waals surface area contributed by atoms with Gasteiger partial charge in [-0.05, 0) is 29.2 Å². The van der Waals surface area contributed by atoms with Crippen molar-refractivity contribution in [3.63, 3.8) is 0 Å². The quantitative estimate of drug-likeness (QED) is 0.607. The Hall–Kier alpha value is -1.62. The highest BCUT2D eigenvalue weighted by atomic mass is 35.5. The number of thiophene rings is 1. The van der Waals surface area contributed by atoms with Gasteiger partial charge in [-0.1, -0.05) is 41.4 Å². The number of esters is 1. The molecule has 1 aliphatic heterocycles. The molecule has 1 aromatic carbocycles. The Bertz CT molecular complexity index is 736. The van der Waals surface area contributed by atoms with Crippen molar-refractivity contribution >= 4 is 52.5 Å². The summed E-state index contributed by atoms with van der Waals surface area (Å²) in [6.07, 6.45) is 1.57. The standard InChI is InChI=1S/C14H7Cl2NO2S/c15-9-4-1-3-8(12(9)16)7-10-14(18)19-13(17-10)11-5-2-6-20-11/h1-7H. The van der Waals surface area contributed by atoms with Crippen LogP contribution in [0.5, 0.6) is 0 Å². The van der Waals surface area contributed by atoms with Crippen molar-refractivity contribution in [2.45, 2.75) is 0 Å². The Morgan fingerprint density at radius 1 is 1.20 bits per heavy atom. The number of benzene rings is 1. The van der Waals surface area contributed by atoms with Crippen molar-refractivity contribution in [3.05, 3.63) is 61.9 Å². The van der Waals surface area contributed by atoms with E-state index in [0.29, 0.717) is 21.5 Å². The molecule has 100 valence electrons. The lowest BCUT2D eigenvalue weighted by Crippen LogP contribution is -2.03. The number of carbonyl (C=O) groups is 1. The Balaban J connectivity index is 1.99. The van der Waals surface area contributed by atoms with Crippen molar-refractivity contribution in [1.82, 2.24) is 0 Å². The third-order valence-electron chi connectivity index (χ3n) is 2.63. The second-order valence-corrected chi connectivity index (χ2v) is 5.69. The van der Waals surface area contributed by atoms with Gasteiger partial charge in [-0.25, -0.2) is 9.79 Å². The lowest BCUT2D eigenvalue weighted by atomic mass is 10.2. The Morgan fingerprint density at radius 2 is 2.05 bits per heavy atom. The van der Waals surface area contributed by atoms with Gasteiger partial charge in [0.1, 0.15) is 0 Å². The molecule has 0 saturated carbocycles. The van der Waals surface area contributed by atoms with Gasteiger partial charge in [-0.3, -0.25) is 0 Å². The summed E-state index contributed by atoms with van der Waals surface area (Å²) >= 11 is 13.5. The van der Waals surface area contributed by atoms with Gasteiger partial charge in [0, 0.05) is 0 Å². The molecule has 0 aliphatic carbocycles. The molecular weight excluding hydrogens is 317 g/mol. The van der Waals surface area contributed by atoms with Gasteiger partial charge < -0.3 is 4.74 Å². The molecule has 2 aromatic rings. The van der Waals surface area contributed by atoms with Crippen LogP contribution in [-0.2, 0) is 9.53 Å². The third kappa shape index (κ3) is 2.50. The van der Waals surface area contributed by atoms with E-state index < -0.39 is 5.97 Å². The van der Waals surface area contributed by atoms with Gasteiger partial charge in [0.25, 0.3) is 0 Å². The highest BCUT2D eigenvalue weighted by Gasteiger charge is 2.24. The van der Waals surface area contributed by atoms with E-state index >= 15 is 0 Å². The molecule has 0 spiro atoms. The Morgan fingerprint density at radius 3 is 2.80 bits per heavy atom. The van der Waals surface area contributed by atoms with Crippen LogP contribution in [0.4, 0.5) is 0 Å². The van der Waals surface area contributed by atoms with Crippen LogP contribution in [0.25, 0.3) is 6.08 Å². The number of aliphatic imine (C=N–C) groups is 1. The number of hydrogen-bond donors (Lipinski definition) is 0. The SMILES string of the molecule is O=C1OC(c2cccs2)=NC1=Cc1cccc(Cl)c1Cl. The lowest BCUT2D eigenvalue weighted by Gasteiger charge is -1.99. The van der Waals surface area contributed by atoms with Crippen LogP contribution in [0.1, 0.15) is 10.4 Å². The number of cyclic esters (lactones) is 1. The topological polar surface area (TPSA) is 38.7 Å². The van der Waals surface area contributed by atoms with E-state index in [1.807, 2.05) is 17.5 Å². The highest BCUT2D eigenvalue weighted by Crippen LogP contribution is 2.29. The van der Waals surface area contributed by atoms with E-state index in [2.05, 4.69) is 4.99 Å². The van der Waals surface area contributed by atoms with Crippen LogP contribution in [0, 0.1) is 0 Å². The maximum Gasteiger partial charge on any atom is 0.363 e. The number of hydrogen-bond acceptors (Lipinski definition) is 4. The van der Waals surface area contributed by atoms with Gasteiger partial charge >= 0.3 is 5.97 Å². The molecule has 0 N–H and O–H groups in total. The van der Waals surface area contributed by atoms with Gasteiger partial charge in [-0.15, -0.1) is 11.3 Å². The molecule has 6 heteroatoms. The second kappa shape index (κ2) is 5.40. The van der Waals surface area contributed by atoms with E-state index in [4.69, 9.17) is 27.9 Å². The van der Waals surface area contributed by atoms with E-state index in [-0.39, 0.29) is 5.70 Å². The molecule has 3 nitrogen and oxygen atoms in total. The molecule has 0 amide bonds. The van der Waals surface area contributed by atoms with Gasteiger partial charge in [0.2, 0.25) is 5.90 Å². The van der Waals surface area contributed by atoms with Crippen LogP contribution < -0.4 is 0 Å². The van der Waals surface area contributed by atoms with Crippen LogP contribution in [0.15, 0.2) is 46.4 Å². The average Bonchev–Trinajstić information content (AvgIpc) is 3.05. The molecule has 1 aliphatic rings. The fraction of sp³-hybridized carbons (Fsp3) is 0. The second-order valence-electron chi connectivity index (χ2n) is 3.96. The van der Waals surface area contributed by atoms with Crippen LogP contribution in [0.2, 0.25) is 10.0 Å². The maximum atomic E-state index is 11.8. The molecule has 3 rings (SSSR count). The minimum absolute atomic E-state index is 0.206. The zero-order chi connectivity index (χ0) is 14.1. The summed E-state index contributed by atoms with van der Waals surface area (Å²) in [5.74, 6) is -0.182. The summed E-state index contributed by atoms with van der Waals surface area (Å²) < 4.78 is 5.14. The van der Waals surface area contributed by atoms with Crippen molar-refractivity contribution in [1.29, 1.82) is 0 Å². The van der Waals surface area contributed by atoms with Crippen molar-refractivity contribution in [2.24, 2.45) is 4.99 Å². The number of carbonyl (C=O) groups excluding carboxylic acids is 1. The Labute approximate surface area is 129 Å². The van der Waals surface area contributed by atoms with Crippen molar-refractivity contribution < 1.29 is 9.53 Å². The monoisotopic (exact) mass is 323 g/mol. The summed E-state index contributed by atoms with van der Waals surface area (Å²) in [6.45, 7) is 0. The first-order valence-electron chi connectivity index (χ1n) is 5.65. The maximum absolute atomic E-state index is 11.8. The average molecular weight is 324 g/mol. The minimum Gasteiger partial charge on any atom is -0.401 e. The van der Waals surface area contributed by atoms with Crippen molar-refractivity contribution in [2.75, 3.05) is 0 Å². The van der Waals surface area contributed by atoms with Gasteiger partial charge in [0.05, 0.1) is 14.9 Å². The molecular formula is C14H7Cl2NO2S. The first-order chi connectivity index (χ1) is 9.65. The lowest BCUT2D eigenvalue weighted by molar-refractivity contribution is -0.129. The summed E-state index contributed by atoms with van der Waals surface area (Å²) in [4.78, 5) is 16.8. The van der Waals surface area contributed by atoms with Crippen molar-refractivity contribution in [3.8, 4) is 0 Å². The van der Waals surface area contributed by atoms with Gasteiger partial charge in [-0.2, -0.15) is 0 Å². The number of rotatable bonds is 2. The first-order valence-corrected chi connectivity index (χ1v) is 7.29. The number of halogens is 2. The molecule has 20 heavy (non-hydrogen) atoms. The molecule has 0 bridgehead atoms. The smallest absolute Gasteiger partial charge is 0.363 e. The molecule has 0 unspecified atom stereocenters. The minimum atomic E-state index is -0.496. The number of nitrogens with zero attached hydrogens (tertiary/aromatic N) is 1. The predicted molar refractivity (Wildman–Crippen MR) is 81.4 cm³/mol. The zero-order valence-corrected chi connectivity index (χ0v) is 12.3. The van der Waals surface area contributed by atoms with Crippen LogP contribution in [-0.4, -0.2) is 11.9 Å². The van der Waals surface area contributed by atoms with E-state index in [1.165, 1.54) is 11.3 Å². The fourth-order valence-electron chi connectivity index (χ4n) is 1.69. The van der Waals surface area contributed by atoms with Gasteiger partial charge in [0.15, 0.2) is 5.70 Å². The zero-order valence-electron chi connectivity index (χ0n) is 9.97. The fourth-order valence-corrected chi connectivity index (χ4v) is 2.71. The summed E-state index contributed by atoms with van der Waals surface area (Å²) in [7, 11) is 0. The molecule has 2 heterocycles. The molecule has 1 aromatic heterocycles. The van der Waals surface area contributed by atoms with E-state index in [0.717, 1.165) is 4.88 Å². The highest BCUT2D eigenvalue weighted by molar-refractivity contribution is 7.12. The molecule has 0 radical (unpaired) electrons. The largest absolute Gasteiger partial charge is 0.401 e. The first kappa shape index (κ1) is 13.4. The number of ether oxygens (including phenoxy) is 1. The third-order valence-corrected chi connectivity index (χ3v) is 4.32. The van der Waals surface area contributed by atoms with E-state index in [9.17, 15) is 4.79 Å². The van der Waals surface area contributed by atoms with Crippen LogP contribution >= 0.6 is 34.5 Å². The Kier molecular flexibility index (Phi) is 3.61.